The highest BCUT2D eigenvalue weighted by Gasteiger charge is 2.25. The van der Waals surface area contributed by atoms with Crippen molar-refractivity contribution in [2.45, 2.75) is 12.2 Å². The first kappa shape index (κ1) is 25.8. The summed E-state index contributed by atoms with van der Waals surface area (Å²) in [6, 6.07) is 17.2. The second-order valence-corrected chi connectivity index (χ2v) is 9.35. The molecule has 37 heavy (non-hydrogen) atoms. The predicted molar refractivity (Wildman–Crippen MR) is 136 cm³/mol. The van der Waals surface area contributed by atoms with Gasteiger partial charge in [0.15, 0.2) is 23.1 Å². The number of nitrogens with zero attached hydrogens (tertiary/aromatic N) is 4. The van der Waals surface area contributed by atoms with Crippen LogP contribution in [0.3, 0.4) is 0 Å². The second kappa shape index (κ2) is 12.1. The number of rotatable bonds is 12. The Hall–Kier alpha value is -4.29. The zero-order valence-electron chi connectivity index (χ0n) is 19.9. The third-order valence-corrected chi connectivity index (χ3v) is 6.09. The lowest BCUT2D eigenvalue weighted by molar-refractivity contribution is 0.224. The number of ether oxygens (including phenoxy) is 3. The van der Waals surface area contributed by atoms with Gasteiger partial charge in [-0.2, -0.15) is 4.98 Å². The fourth-order valence-electron chi connectivity index (χ4n) is 3.23. The van der Waals surface area contributed by atoms with Crippen LogP contribution >= 0.6 is 0 Å². The molecule has 0 unspecified atom stereocenters. The lowest BCUT2D eigenvalue weighted by Crippen LogP contribution is -2.18. The maximum Gasteiger partial charge on any atom is 0.263 e. The van der Waals surface area contributed by atoms with Crippen molar-refractivity contribution in [3.8, 4) is 34.8 Å². The fourth-order valence-corrected chi connectivity index (χ4v) is 4.36. The van der Waals surface area contributed by atoms with Gasteiger partial charge in [0.2, 0.25) is 21.6 Å². The molecular formula is C25H25N5O6S. The summed E-state index contributed by atoms with van der Waals surface area (Å²) in [6.07, 6.45) is 3.33. The molecule has 2 heterocycles. The lowest BCUT2D eigenvalue weighted by atomic mass is 10.2. The highest BCUT2D eigenvalue weighted by atomic mass is 32.2. The molecule has 0 radical (unpaired) electrons. The first-order chi connectivity index (χ1) is 18.0. The molecule has 0 atom stereocenters. The maximum absolute atomic E-state index is 13.2. The van der Waals surface area contributed by atoms with Crippen molar-refractivity contribution in [3.63, 3.8) is 0 Å². The summed E-state index contributed by atoms with van der Waals surface area (Å²) >= 11 is 0. The number of methoxy groups -OCH3 is 1. The Morgan fingerprint density at radius 3 is 2.30 bits per heavy atom. The predicted octanol–water partition coefficient (Wildman–Crippen LogP) is 3.44. The van der Waals surface area contributed by atoms with E-state index in [0.717, 1.165) is 0 Å². The number of nitrogens with one attached hydrogen (secondary N) is 1. The van der Waals surface area contributed by atoms with Gasteiger partial charge in [-0.1, -0.05) is 42.5 Å². The van der Waals surface area contributed by atoms with E-state index in [2.05, 4.69) is 24.7 Å². The van der Waals surface area contributed by atoms with Crippen LogP contribution in [0.2, 0.25) is 0 Å². The fraction of sp³-hybridized carbons (Fsp3) is 0.200. The van der Waals surface area contributed by atoms with Crippen LogP contribution < -0.4 is 18.9 Å². The molecule has 192 valence electrons. The van der Waals surface area contributed by atoms with E-state index in [1.807, 2.05) is 0 Å². The summed E-state index contributed by atoms with van der Waals surface area (Å²) in [4.78, 5) is 17.1. The van der Waals surface area contributed by atoms with Crippen LogP contribution in [-0.4, -0.2) is 53.8 Å². The molecule has 0 aliphatic heterocycles. The number of anilines is 1. The highest BCUT2D eigenvalue weighted by molar-refractivity contribution is 7.91. The summed E-state index contributed by atoms with van der Waals surface area (Å²) < 4.78 is 46.1. The number of aromatic nitrogens is 4. The van der Waals surface area contributed by atoms with Gasteiger partial charge in [0.25, 0.3) is 5.88 Å². The first-order valence-corrected chi connectivity index (χ1v) is 12.9. The van der Waals surface area contributed by atoms with Crippen LogP contribution in [-0.2, 0) is 15.8 Å². The van der Waals surface area contributed by atoms with Crippen LogP contribution in [0, 0.1) is 0 Å². The van der Waals surface area contributed by atoms with Crippen molar-refractivity contribution >= 4 is 15.8 Å². The monoisotopic (exact) mass is 523 g/mol. The summed E-state index contributed by atoms with van der Waals surface area (Å²) in [5, 5.41) is 9.23. The van der Waals surface area contributed by atoms with Crippen LogP contribution in [0.1, 0.15) is 12.0 Å². The minimum Gasteiger partial charge on any atom is -0.493 e. The number of para-hydroxylation sites is 2. The molecule has 4 aromatic rings. The third kappa shape index (κ3) is 6.90. The second-order valence-electron chi connectivity index (χ2n) is 7.63. The number of hydrogen-bond acceptors (Lipinski definition) is 10. The number of aliphatic hydroxyl groups is 1. The molecule has 0 aliphatic carbocycles. The van der Waals surface area contributed by atoms with Crippen LogP contribution in [0.5, 0.6) is 23.1 Å². The quantitative estimate of drug-likeness (QED) is 0.265. The summed E-state index contributed by atoms with van der Waals surface area (Å²) in [7, 11) is -2.46. The van der Waals surface area contributed by atoms with Crippen LogP contribution in [0.25, 0.3) is 11.6 Å². The van der Waals surface area contributed by atoms with E-state index in [0.29, 0.717) is 17.7 Å². The molecule has 2 N–H and O–H groups in total. The number of benzene rings is 2. The lowest BCUT2D eigenvalue weighted by Gasteiger charge is -2.18. The standard InChI is InChI=1S/C25H25N5O6S/c1-34-19-11-5-6-12-20(19)36-21-22(30-37(32,33)17-18-9-3-2-4-10-18)28-24(23-26-13-7-14-27-23)29-25(21)35-16-8-15-31/h2-7,9-14,31H,8,15-17H2,1H3,(H,28,29,30). The Morgan fingerprint density at radius 2 is 1.59 bits per heavy atom. The Labute approximate surface area is 214 Å². The number of hydrogen-bond donors (Lipinski definition) is 2. The van der Waals surface area contributed by atoms with Crippen molar-refractivity contribution in [2.75, 3.05) is 25.0 Å². The van der Waals surface area contributed by atoms with Crippen molar-refractivity contribution < 1.29 is 27.7 Å². The Kier molecular flexibility index (Phi) is 8.44. The van der Waals surface area contributed by atoms with E-state index in [4.69, 9.17) is 14.2 Å². The van der Waals surface area contributed by atoms with E-state index >= 15 is 0 Å². The Bertz CT molecular complexity index is 1420. The van der Waals surface area contributed by atoms with Crippen molar-refractivity contribution in [3.05, 3.63) is 78.6 Å². The normalized spacial score (nSPS) is 11.1. The summed E-state index contributed by atoms with van der Waals surface area (Å²) in [5.74, 6) is 0.242. The van der Waals surface area contributed by atoms with Gasteiger partial charge < -0.3 is 19.3 Å². The number of aliphatic hydroxyl groups excluding tert-OH is 1. The smallest absolute Gasteiger partial charge is 0.263 e. The minimum atomic E-state index is -3.95. The SMILES string of the molecule is COc1ccccc1Oc1c(NS(=O)(=O)Cc2ccccc2)nc(-c2ncccn2)nc1OCCCO. The zero-order chi connectivity index (χ0) is 26.1. The molecule has 2 aromatic carbocycles. The van der Waals surface area contributed by atoms with E-state index < -0.39 is 10.0 Å². The molecule has 0 spiro atoms. The maximum atomic E-state index is 13.2. The molecule has 0 saturated heterocycles. The molecule has 12 heteroatoms. The van der Waals surface area contributed by atoms with Gasteiger partial charge in [0.1, 0.15) is 0 Å². The van der Waals surface area contributed by atoms with Gasteiger partial charge in [-0.15, -0.1) is 0 Å². The van der Waals surface area contributed by atoms with E-state index in [1.165, 1.54) is 19.5 Å². The topological polar surface area (TPSA) is 146 Å². The van der Waals surface area contributed by atoms with E-state index in [9.17, 15) is 13.5 Å². The van der Waals surface area contributed by atoms with Crippen molar-refractivity contribution in [1.82, 2.24) is 19.9 Å². The highest BCUT2D eigenvalue weighted by Crippen LogP contribution is 2.41. The average Bonchev–Trinajstić information content (AvgIpc) is 2.91. The van der Waals surface area contributed by atoms with Crippen LogP contribution in [0.15, 0.2) is 73.1 Å². The van der Waals surface area contributed by atoms with Gasteiger partial charge in [0, 0.05) is 25.4 Å². The molecule has 0 amide bonds. The Balaban J connectivity index is 1.82. The van der Waals surface area contributed by atoms with Crippen molar-refractivity contribution in [2.24, 2.45) is 0 Å². The molecule has 11 nitrogen and oxygen atoms in total. The average molecular weight is 524 g/mol. The molecule has 0 fully saturated rings. The minimum absolute atomic E-state index is 0.0180. The van der Waals surface area contributed by atoms with E-state index in [-0.39, 0.29) is 53.8 Å². The van der Waals surface area contributed by atoms with Crippen LogP contribution in [0.4, 0.5) is 5.82 Å². The first-order valence-electron chi connectivity index (χ1n) is 11.3. The summed E-state index contributed by atoms with van der Waals surface area (Å²) in [5.41, 5.74) is 0.585. The third-order valence-electron chi connectivity index (χ3n) is 4.87. The molecule has 4 rings (SSSR count). The van der Waals surface area contributed by atoms with Gasteiger partial charge >= 0.3 is 0 Å². The van der Waals surface area contributed by atoms with Gasteiger partial charge in [-0.05, 0) is 23.8 Å². The molecule has 0 bridgehead atoms. The van der Waals surface area contributed by atoms with Crippen molar-refractivity contribution in [1.29, 1.82) is 0 Å². The largest absolute Gasteiger partial charge is 0.493 e. The summed E-state index contributed by atoms with van der Waals surface area (Å²) in [6.45, 7) is -0.0277. The molecule has 0 saturated carbocycles. The number of sulfonamides is 1. The molecule has 0 aliphatic rings. The van der Waals surface area contributed by atoms with E-state index in [1.54, 1.807) is 60.7 Å². The van der Waals surface area contributed by atoms with Gasteiger partial charge in [0.05, 0.1) is 19.5 Å². The Morgan fingerprint density at radius 1 is 0.892 bits per heavy atom. The van der Waals surface area contributed by atoms with Gasteiger partial charge in [-0.25, -0.2) is 23.4 Å². The van der Waals surface area contributed by atoms with Gasteiger partial charge in [-0.3, -0.25) is 4.72 Å². The molecular weight excluding hydrogens is 498 g/mol. The zero-order valence-corrected chi connectivity index (χ0v) is 20.8. The molecule has 2 aromatic heterocycles.